The van der Waals surface area contributed by atoms with Crippen LogP contribution in [-0.4, -0.2) is 44.9 Å². The minimum absolute atomic E-state index is 0.134. The summed E-state index contributed by atoms with van der Waals surface area (Å²) >= 11 is 0. The van der Waals surface area contributed by atoms with Crippen LogP contribution in [0.15, 0.2) is 41.3 Å². The summed E-state index contributed by atoms with van der Waals surface area (Å²) in [5.41, 5.74) is 2.36. The van der Waals surface area contributed by atoms with Gasteiger partial charge in [0.15, 0.2) is 6.10 Å². The van der Waals surface area contributed by atoms with Gasteiger partial charge in [-0.1, -0.05) is 32.4 Å². The Morgan fingerprint density at radius 1 is 1.00 bits per heavy atom. The monoisotopic (exact) mass is 474 g/mol. The van der Waals surface area contributed by atoms with Crippen LogP contribution in [0.2, 0.25) is 0 Å². The third-order valence-electron chi connectivity index (χ3n) is 5.85. The second kappa shape index (κ2) is 10.6. The van der Waals surface area contributed by atoms with Crippen molar-refractivity contribution in [2.75, 3.05) is 25.5 Å². The Hall–Kier alpha value is -2.58. The van der Waals surface area contributed by atoms with Gasteiger partial charge in [0.2, 0.25) is 10.0 Å². The van der Waals surface area contributed by atoms with E-state index in [2.05, 4.69) is 19.2 Å². The molecule has 2 aromatic rings. The summed E-state index contributed by atoms with van der Waals surface area (Å²) in [6, 6.07) is 10.5. The van der Waals surface area contributed by atoms with Gasteiger partial charge < -0.3 is 14.8 Å². The first kappa shape index (κ1) is 25.1. The highest BCUT2D eigenvalue weighted by atomic mass is 32.2. The van der Waals surface area contributed by atoms with E-state index in [-0.39, 0.29) is 10.8 Å². The van der Waals surface area contributed by atoms with Crippen LogP contribution in [0.1, 0.15) is 57.1 Å². The molecule has 0 unspecified atom stereocenters. The second-order valence-corrected chi connectivity index (χ2v) is 10.7. The van der Waals surface area contributed by atoms with Gasteiger partial charge in [-0.15, -0.1) is 0 Å². The number of rotatable bonds is 8. The fraction of sp³-hybridized carbons (Fsp3) is 0.480. The van der Waals surface area contributed by atoms with Crippen molar-refractivity contribution in [3.63, 3.8) is 0 Å². The third kappa shape index (κ3) is 5.86. The average molecular weight is 475 g/mol. The summed E-state index contributed by atoms with van der Waals surface area (Å²) < 4.78 is 39.0. The normalized spacial score (nSPS) is 15.8. The lowest BCUT2D eigenvalue weighted by atomic mass is 10.0. The number of amides is 1. The summed E-state index contributed by atoms with van der Waals surface area (Å²) in [7, 11) is -2.16. The Bertz CT molecular complexity index is 1090. The summed E-state index contributed by atoms with van der Waals surface area (Å²) in [5, 5.41) is 2.79. The van der Waals surface area contributed by atoms with E-state index in [1.54, 1.807) is 13.0 Å². The standard InChI is InChI=1S/C25H34N2O5S/c1-17(2)21-11-9-18(3)15-24(21)32-19(4)25(28)26-22-16-20(10-12-23(22)31-5)33(29,30)27-13-7-6-8-14-27/h9-12,15-17,19H,6-8,13-14H2,1-5H3,(H,26,28)/t19-/m1/s1. The lowest BCUT2D eigenvalue weighted by molar-refractivity contribution is -0.122. The van der Waals surface area contributed by atoms with Crippen molar-refractivity contribution < 1.29 is 22.7 Å². The predicted molar refractivity (Wildman–Crippen MR) is 130 cm³/mol. The van der Waals surface area contributed by atoms with Crippen LogP contribution < -0.4 is 14.8 Å². The molecule has 1 aliphatic rings. The first-order valence-corrected chi connectivity index (χ1v) is 12.8. The van der Waals surface area contributed by atoms with Crippen LogP contribution in [-0.2, 0) is 14.8 Å². The molecule has 7 nitrogen and oxygen atoms in total. The molecule has 1 atom stereocenters. The zero-order valence-electron chi connectivity index (χ0n) is 20.1. The molecule has 33 heavy (non-hydrogen) atoms. The fourth-order valence-corrected chi connectivity index (χ4v) is 5.44. The highest BCUT2D eigenvalue weighted by Crippen LogP contribution is 2.31. The number of hydrogen-bond donors (Lipinski definition) is 1. The van der Waals surface area contributed by atoms with Crippen molar-refractivity contribution in [3.8, 4) is 11.5 Å². The zero-order chi connectivity index (χ0) is 24.2. The van der Waals surface area contributed by atoms with Crippen molar-refractivity contribution in [1.29, 1.82) is 0 Å². The Balaban J connectivity index is 1.81. The maximum absolute atomic E-state index is 13.1. The molecule has 1 N–H and O–H groups in total. The van der Waals surface area contributed by atoms with E-state index in [9.17, 15) is 13.2 Å². The first-order chi connectivity index (χ1) is 15.6. The lowest BCUT2D eigenvalue weighted by Crippen LogP contribution is -2.35. The van der Waals surface area contributed by atoms with E-state index in [1.807, 2.05) is 25.1 Å². The number of ether oxygens (including phenoxy) is 2. The van der Waals surface area contributed by atoms with Crippen LogP contribution >= 0.6 is 0 Å². The molecule has 0 aromatic heterocycles. The lowest BCUT2D eigenvalue weighted by Gasteiger charge is -2.26. The van der Waals surface area contributed by atoms with E-state index in [0.29, 0.717) is 30.3 Å². The zero-order valence-corrected chi connectivity index (χ0v) is 20.9. The van der Waals surface area contributed by atoms with Crippen LogP contribution in [0.5, 0.6) is 11.5 Å². The Morgan fingerprint density at radius 3 is 2.33 bits per heavy atom. The van der Waals surface area contributed by atoms with Crippen LogP contribution in [0.3, 0.4) is 0 Å². The van der Waals surface area contributed by atoms with Gasteiger partial charge >= 0.3 is 0 Å². The number of piperidine rings is 1. The molecule has 0 radical (unpaired) electrons. The minimum atomic E-state index is -3.64. The molecule has 3 rings (SSSR count). The van der Waals surface area contributed by atoms with Gasteiger partial charge in [0.1, 0.15) is 11.5 Å². The van der Waals surface area contributed by atoms with Gasteiger partial charge in [-0.25, -0.2) is 8.42 Å². The highest BCUT2D eigenvalue weighted by Gasteiger charge is 2.27. The molecule has 1 aliphatic heterocycles. The topological polar surface area (TPSA) is 84.9 Å². The largest absolute Gasteiger partial charge is 0.495 e. The highest BCUT2D eigenvalue weighted by molar-refractivity contribution is 7.89. The van der Waals surface area contributed by atoms with Gasteiger partial charge in [-0.3, -0.25) is 4.79 Å². The van der Waals surface area contributed by atoms with E-state index in [0.717, 1.165) is 30.4 Å². The molecule has 0 bridgehead atoms. The van der Waals surface area contributed by atoms with Crippen LogP contribution in [0.4, 0.5) is 5.69 Å². The summed E-state index contributed by atoms with van der Waals surface area (Å²) in [6.45, 7) is 8.80. The van der Waals surface area contributed by atoms with Crippen molar-refractivity contribution in [1.82, 2.24) is 4.31 Å². The van der Waals surface area contributed by atoms with Gasteiger partial charge in [0.05, 0.1) is 17.7 Å². The van der Waals surface area contributed by atoms with Crippen molar-refractivity contribution in [2.45, 2.75) is 63.9 Å². The number of nitrogens with zero attached hydrogens (tertiary/aromatic N) is 1. The van der Waals surface area contributed by atoms with Gasteiger partial charge in [0.25, 0.3) is 5.91 Å². The van der Waals surface area contributed by atoms with Crippen molar-refractivity contribution in [3.05, 3.63) is 47.5 Å². The molecule has 1 amide bonds. The number of benzene rings is 2. The summed E-state index contributed by atoms with van der Waals surface area (Å²) in [6.07, 6.45) is 1.94. The summed E-state index contributed by atoms with van der Waals surface area (Å²) in [4.78, 5) is 13.1. The molecule has 2 aromatic carbocycles. The fourth-order valence-electron chi connectivity index (χ4n) is 3.90. The second-order valence-electron chi connectivity index (χ2n) is 8.77. The molecular formula is C25H34N2O5S. The van der Waals surface area contributed by atoms with Gasteiger partial charge in [-0.05, 0) is 68.0 Å². The Kier molecular flexibility index (Phi) is 8.02. The SMILES string of the molecule is COc1ccc(S(=O)(=O)N2CCCCC2)cc1NC(=O)[C@@H](C)Oc1cc(C)ccc1C(C)C. The number of methoxy groups -OCH3 is 1. The number of anilines is 1. The minimum Gasteiger partial charge on any atom is -0.495 e. The van der Waals surface area contributed by atoms with E-state index in [4.69, 9.17) is 9.47 Å². The Labute approximate surface area is 197 Å². The quantitative estimate of drug-likeness (QED) is 0.599. The maximum atomic E-state index is 13.1. The Morgan fingerprint density at radius 2 is 1.70 bits per heavy atom. The van der Waals surface area contributed by atoms with E-state index >= 15 is 0 Å². The molecular weight excluding hydrogens is 440 g/mol. The first-order valence-electron chi connectivity index (χ1n) is 11.4. The number of carbonyl (C=O) groups is 1. The number of carbonyl (C=O) groups excluding carboxylic acids is 1. The number of aryl methyl sites for hydroxylation is 1. The molecule has 180 valence electrons. The van der Waals surface area contributed by atoms with Gasteiger partial charge in [0, 0.05) is 13.1 Å². The molecule has 1 fully saturated rings. The number of nitrogens with one attached hydrogen (secondary N) is 1. The number of sulfonamides is 1. The molecule has 0 aliphatic carbocycles. The van der Waals surface area contributed by atoms with E-state index < -0.39 is 22.0 Å². The predicted octanol–water partition coefficient (Wildman–Crippen LogP) is 4.71. The van der Waals surface area contributed by atoms with Crippen molar-refractivity contribution in [2.24, 2.45) is 0 Å². The molecule has 8 heteroatoms. The summed E-state index contributed by atoms with van der Waals surface area (Å²) in [5.74, 6) is 0.900. The van der Waals surface area contributed by atoms with Gasteiger partial charge in [-0.2, -0.15) is 4.31 Å². The average Bonchev–Trinajstić information content (AvgIpc) is 2.79. The van der Waals surface area contributed by atoms with Crippen molar-refractivity contribution >= 4 is 21.6 Å². The third-order valence-corrected chi connectivity index (χ3v) is 7.74. The maximum Gasteiger partial charge on any atom is 0.265 e. The molecule has 0 spiro atoms. The smallest absolute Gasteiger partial charge is 0.265 e. The molecule has 0 saturated carbocycles. The molecule has 1 saturated heterocycles. The molecule has 1 heterocycles. The van der Waals surface area contributed by atoms with Crippen LogP contribution in [0, 0.1) is 6.92 Å². The van der Waals surface area contributed by atoms with E-state index in [1.165, 1.54) is 23.5 Å². The number of hydrogen-bond acceptors (Lipinski definition) is 5. The van der Waals surface area contributed by atoms with Crippen LogP contribution in [0.25, 0.3) is 0 Å².